The minimum Gasteiger partial charge on any atom is -0.351 e. The van der Waals surface area contributed by atoms with Crippen LogP contribution in [-0.2, 0) is 9.05 Å². The van der Waals surface area contributed by atoms with E-state index in [9.17, 15) is 17.6 Å². The smallest absolute Gasteiger partial charge is 0.261 e. The van der Waals surface area contributed by atoms with Crippen molar-refractivity contribution >= 4 is 25.6 Å². The van der Waals surface area contributed by atoms with Gasteiger partial charge in [0.1, 0.15) is 5.82 Å². The molecule has 1 aromatic rings. The van der Waals surface area contributed by atoms with E-state index in [4.69, 9.17) is 10.7 Å². The van der Waals surface area contributed by atoms with Crippen LogP contribution in [-0.4, -0.2) is 20.9 Å². The lowest BCUT2D eigenvalue weighted by molar-refractivity contribution is 0.0939. The molecule has 0 aromatic heterocycles. The van der Waals surface area contributed by atoms with E-state index in [-0.39, 0.29) is 15.9 Å². The molecule has 1 aliphatic carbocycles. The highest BCUT2D eigenvalue weighted by atomic mass is 35.7. The van der Waals surface area contributed by atoms with Crippen molar-refractivity contribution in [1.29, 1.82) is 0 Å². The maximum atomic E-state index is 13.7. The van der Waals surface area contributed by atoms with Crippen molar-refractivity contribution in [2.75, 3.05) is 6.54 Å². The highest BCUT2D eigenvalue weighted by Crippen LogP contribution is 2.48. The molecule has 0 spiro atoms. The summed E-state index contributed by atoms with van der Waals surface area (Å²) >= 11 is 0. The normalized spacial score (nSPS) is 16.5. The molecule has 2 rings (SSSR count). The van der Waals surface area contributed by atoms with Gasteiger partial charge in [0.05, 0.1) is 10.5 Å². The first-order valence-electron chi connectivity index (χ1n) is 6.80. The van der Waals surface area contributed by atoms with Crippen molar-refractivity contribution in [3.63, 3.8) is 0 Å². The lowest BCUT2D eigenvalue weighted by atomic mass is 10.0. The van der Waals surface area contributed by atoms with Crippen molar-refractivity contribution < 1.29 is 17.6 Å². The molecule has 0 unspecified atom stereocenters. The molecule has 116 valence electrons. The van der Waals surface area contributed by atoms with Crippen LogP contribution in [0.3, 0.4) is 0 Å². The van der Waals surface area contributed by atoms with E-state index in [1.54, 1.807) is 0 Å². The van der Waals surface area contributed by atoms with Crippen LogP contribution in [0.4, 0.5) is 4.39 Å². The number of hydrogen-bond acceptors (Lipinski definition) is 3. The quantitative estimate of drug-likeness (QED) is 0.814. The van der Waals surface area contributed by atoms with Gasteiger partial charge in [0.25, 0.3) is 15.0 Å². The largest absolute Gasteiger partial charge is 0.351 e. The lowest BCUT2D eigenvalue weighted by Crippen LogP contribution is -2.31. The first-order chi connectivity index (χ1) is 9.77. The number of rotatable bonds is 6. The summed E-state index contributed by atoms with van der Waals surface area (Å²) in [5.41, 5.74) is -0.166. The third-order valence-electron chi connectivity index (χ3n) is 3.83. The molecule has 1 saturated carbocycles. The Balaban J connectivity index is 2.12. The van der Waals surface area contributed by atoms with Gasteiger partial charge in [0.15, 0.2) is 0 Å². The monoisotopic (exact) mass is 333 g/mol. The van der Waals surface area contributed by atoms with Gasteiger partial charge in [0.2, 0.25) is 0 Å². The Morgan fingerprint density at radius 3 is 2.62 bits per heavy atom. The number of amides is 1. The first kappa shape index (κ1) is 16.2. The first-order valence-corrected chi connectivity index (χ1v) is 9.11. The Kier molecular flexibility index (Phi) is 4.58. The molecule has 0 saturated heterocycles. The summed E-state index contributed by atoms with van der Waals surface area (Å²) < 4.78 is 36.2. The van der Waals surface area contributed by atoms with Gasteiger partial charge in [-0.15, -0.1) is 0 Å². The summed E-state index contributed by atoms with van der Waals surface area (Å²) in [5.74, 6) is -1.38. The van der Waals surface area contributed by atoms with Crippen LogP contribution < -0.4 is 5.32 Å². The summed E-state index contributed by atoms with van der Waals surface area (Å²) in [6, 6.07) is 2.93. The summed E-state index contributed by atoms with van der Waals surface area (Å²) in [6.07, 6.45) is 4.16. The molecule has 7 heteroatoms. The van der Waals surface area contributed by atoms with Gasteiger partial charge in [-0.3, -0.25) is 4.79 Å². The Morgan fingerprint density at radius 1 is 1.43 bits per heavy atom. The summed E-state index contributed by atoms with van der Waals surface area (Å²) in [6.45, 7) is 2.56. The van der Waals surface area contributed by atoms with E-state index in [0.29, 0.717) is 6.54 Å². The van der Waals surface area contributed by atoms with Gasteiger partial charge >= 0.3 is 0 Å². The van der Waals surface area contributed by atoms with Gasteiger partial charge in [-0.25, -0.2) is 12.8 Å². The fourth-order valence-corrected chi connectivity index (χ4v) is 3.19. The highest BCUT2D eigenvalue weighted by Gasteiger charge is 2.41. The summed E-state index contributed by atoms with van der Waals surface area (Å²) in [7, 11) is 1.22. The number of benzene rings is 1. The second kappa shape index (κ2) is 5.93. The highest BCUT2D eigenvalue weighted by molar-refractivity contribution is 8.13. The molecule has 0 bridgehead atoms. The maximum Gasteiger partial charge on any atom is 0.261 e. The number of halogens is 2. The molecule has 0 radical (unpaired) electrons. The zero-order valence-electron chi connectivity index (χ0n) is 11.7. The molecule has 0 atom stereocenters. The van der Waals surface area contributed by atoms with Gasteiger partial charge < -0.3 is 5.32 Å². The van der Waals surface area contributed by atoms with Crippen molar-refractivity contribution in [3.05, 3.63) is 29.6 Å². The fourth-order valence-electron chi connectivity index (χ4n) is 2.42. The number of carbonyl (C=O) groups is 1. The van der Waals surface area contributed by atoms with Crippen molar-refractivity contribution in [1.82, 2.24) is 5.32 Å². The standard InChI is InChI=1S/C14H17ClFNO3S/c1-2-5-14(6-7-14)9-17-13(18)11-8-10(21(15,19)20)3-4-12(11)16/h3-4,8H,2,5-7,9H2,1H3,(H,17,18). The Labute approximate surface area is 128 Å². The second-order valence-corrected chi connectivity index (χ2v) is 8.08. The van der Waals surface area contributed by atoms with E-state index in [2.05, 4.69) is 12.2 Å². The SMILES string of the molecule is CCCC1(CNC(=O)c2cc(S(=O)(=O)Cl)ccc2F)CC1. The Morgan fingerprint density at radius 2 is 2.10 bits per heavy atom. The van der Waals surface area contributed by atoms with Crippen LogP contribution in [0.15, 0.2) is 23.1 Å². The van der Waals surface area contributed by atoms with E-state index in [0.717, 1.165) is 43.9 Å². The molecule has 1 aliphatic rings. The van der Waals surface area contributed by atoms with Crippen molar-refractivity contribution in [2.24, 2.45) is 5.41 Å². The van der Waals surface area contributed by atoms with E-state index in [1.165, 1.54) is 0 Å². The van der Waals surface area contributed by atoms with E-state index < -0.39 is 20.8 Å². The minimum absolute atomic E-state index is 0.136. The molecular formula is C14H17ClFNO3S. The average Bonchev–Trinajstić information content (AvgIpc) is 3.16. The fraction of sp³-hybridized carbons (Fsp3) is 0.500. The molecule has 4 nitrogen and oxygen atoms in total. The molecule has 1 N–H and O–H groups in total. The van der Waals surface area contributed by atoms with Crippen LogP contribution in [0.2, 0.25) is 0 Å². The molecule has 1 aromatic carbocycles. The number of hydrogen-bond donors (Lipinski definition) is 1. The topological polar surface area (TPSA) is 63.2 Å². The van der Waals surface area contributed by atoms with Gasteiger partial charge in [0, 0.05) is 17.2 Å². The van der Waals surface area contributed by atoms with Gasteiger partial charge in [-0.2, -0.15) is 0 Å². The Hall–Kier alpha value is -1.14. The van der Waals surface area contributed by atoms with Crippen LogP contribution in [0.5, 0.6) is 0 Å². The lowest BCUT2D eigenvalue weighted by Gasteiger charge is -2.15. The maximum absolute atomic E-state index is 13.7. The summed E-state index contributed by atoms with van der Waals surface area (Å²) in [5, 5.41) is 2.69. The zero-order chi connectivity index (χ0) is 15.7. The third-order valence-corrected chi connectivity index (χ3v) is 5.18. The molecule has 1 fully saturated rings. The molecule has 0 aliphatic heterocycles. The Bertz CT molecular complexity index is 656. The van der Waals surface area contributed by atoms with E-state index >= 15 is 0 Å². The zero-order valence-corrected chi connectivity index (χ0v) is 13.2. The molecule has 0 heterocycles. The number of carbonyl (C=O) groups excluding carboxylic acids is 1. The van der Waals surface area contributed by atoms with Gasteiger partial charge in [-0.05, 0) is 42.9 Å². The van der Waals surface area contributed by atoms with E-state index in [1.807, 2.05) is 0 Å². The molecule has 1 amide bonds. The van der Waals surface area contributed by atoms with Gasteiger partial charge in [-0.1, -0.05) is 13.3 Å². The minimum atomic E-state index is -3.99. The second-order valence-electron chi connectivity index (χ2n) is 5.51. The predicted molar refractivity (Wildman–Crippen MR) is 78.3 cm³/mol. The van der Waals surface area contributed by atoms with Crippen molar-refractivity contribution in [2.45, 2.75) is 37.5 Å². The van der Waals surface area contributed by atoms with Crippen LogP contribution in [0.1, 0.15) is 43.0 Å². The molecular weight excluding hydrogens is 317 g/mol. The summed E-state index contributed by atoms with van der Waals surface area (Å²) in [4.78, 5) is 11.7. The predicted octanol–water partition coefficient (Wildman–Crippen LogP) is 3.06. The van der Waals surface area contributed by atoms with Crippen molar-refractivity contribution in [3.8, 4) is 0 Å². The third kappa shape index (κ3) is 3.95. The average molecular weight is 334 g/mol. The number of nitrogens with one attached hydrogen (secondary N) is 1. The van der Waals surface area contributed by atoms with Crippen LogP contribution >= 0.6 is 10.7 Å². The van der Waals surface area contributed by atoms with Crippen LogP contribution in [0, 0.1) is 11.2 Å². The van der Waals surface area contributed by atoms with Crippen LogP contribution in [0.25, 0.3) is 0 Å². The molecule has 21 heavy (non-hydrogen) atoms.